The maximum atomic E-state index is 11.2. The fourth-order valence-electron chi connectivity index (χ4n) is 1.64. The first-order valence-electron chi connectivity index (χ1n) is 6.18. The van der Waals surface area contributed by atoms with Crippen LogP contribution in [0.5, 0.6) is 11.6 Å². The zero-order valence-corrected chi connectivity index (χ0v) is 11.6. The van der Waals surface area contributed by atoms with Gasteiger partial charge in [-0.15, -0.1) is 0 Å². The Morgan fingerprint density at radius 2 is 2.05 bits per heavy atom. The van der Waals surface area contributed by atoms with Crippen LogP contribution in [0.4, 0.5) is 0 Å². The highest BCUT2D eigenvalue weighted by Gasteiger charge is 2.10. The molecule has 2 aromatic rings. The van der Waals surface area contributed by atoms with Crippen molar-refractivity contribution < 1.29 is 14.3 Å². The molecule has 2 heterocycles. The standard InChI is InChI=1S/C14H15N3O3/c1-4-10-12(6-5-9(2)17-10)20-13-8-15-11(7-16-13)14(18)19-3/h5-8H,4H2,1-3H3. The molecule has 0 N–H and O–H groups in total. The number of rotatable bonds is 4. The molecule has 2 rings (SSSR count). The number of aromatic nitrogens is 3. The lowest BCUT2D eigenvalue weighted by atomic mass is 10.2. The van der Waals surface area contributed by atoms with Crippen molar-refractivity contribution in [1.82, 2.24) is 15.0 Å². The van der Waals surface area contributed by atoms with Crippen molar-refractivity contribution in [2.24, 2.45) is 0 Å². The molecule has 0 amide bonds. The van der Waals surface area contributed by atoms with E-state index in [1.807, 2.05) is 26.0 Å². The number of carbonyl (C=O) groups is 1. The van der Waals surface area contributed by atoms with Gasteiger partial charge in [0, 0.05) is 5.69 Å². The fraction of sp³-hybridized carbons (Fsp3) is 0.286. The molecule has 0 fully saturated rings. The van der Waals surface area contributed by atoms with E-state index in [-0.39, 0.29) is 5.69 Å². The Labute approximate surface area is 116 Å². The summed E-state index contributed by atoms with van der Waals surface area (Å²) in [5, 5.41) is 0. The molecule has 0 saturated carbocycles. The zero-order valence-electron chi connectivity index (χ0n) is 11.6. The van der Waals surface area contributed by atoms with E-state index in [0.717, 1.165) is 17.8 Å². The first kappa shape index (κ1) is 13.9. The van der Waals surface area contributed by atoms with Gasteiger partial charge in [-0.3, -0.25) is 4.98 Å². The van der Waals surface area contributed by atoms with Crippen LogP contribution in [-0.4, -0.2) is 28.0 Å². The Hall–Kier alpha value is -2.50. The van der Waals surface area contributed by atoms with Gasteiger partial charge in [-0.2, -0.15) is 0 Å². The van der Waals surface area contributed by atoms with Gasteiger partial charge in [-0.25, -0.2) is 14.8 Å². The number of esters is 1. The van der Waals surface area contributed by atoms with E-state index in [1.165, 1.54) is 19.5 Å². The van der Waals surface area contributed by atoms with Gasteiger partial charge >= 0.3 is 5.97 Å². The molecule has 0 atom stereocenters. The molecule has 20 heavy (non-hydrogen) atoms. The number of ether oxygens (including phenoxy) is 2. The van der Waals surface area contributed by atoms with Crippen LogP contribution < -0.4 is 4.74 Å². The van der Waals surface area contributed by atoms with Gasteiger partial charge in [0.25, 0.3) is 0 Å². The van der Waals surface area contributed by atoms with Crippen LogP contribution >= 0.6 is 0 Å². The number of pyridine rings is 1. The second kappa shape index (κ2) is 6.10. The van der Waals surface area contributed by atoms with Crippen molar-refractivity contribution in [3.63, 3.8) is 0 Å². The average molecular weight is 273 g/mol. The summed E-state index contributed by atoms with van der Waals surface area (Å²) in [6.45, 7) is 3.93. The van der Waals surface area contributed by atoms with Gasteiger partial charge in [0.2, 0.25) is 5.88 Å². The van der Waals surface area contributed by atoms with Crippen molar-refractivity contribution in [1.29, 1.82) is 0 Å². The highest BCUT2D eigenvalue weighted by Crippen LogP contribution is 2.23. The predicted octanol–water partition coefficient (Wildman–Crippen LogP) is 2.32. The molecule has 0 bridgehead atoms. The largest absolute Gasteiger partial charge is 0.464 e. The van der Waals surface area contributed by atoms with Crippen LogP contribution in [0.2, 0.25) is 0 Å². The molecule has 104 valence electrons. The zero-order chi connectivity index (χ0) is 14.5. The molecular weight excluding hydrogens is 258 g/mol. The molecule has 0 unspecified atom stereocenters. The van der Waals surface area contributed by atoms with Crippen LogP contribution in [0.15, 0.2) is 24.5 Å². The third-order valence-electron chi connectivity index (χ3n) is 2.64. The highest BCUT2D eigenvalue weighted by atomic mass is 16.5. The minimum absolute atomic E-state index is 0.137. The highest BCUT2D eigenvalue weighted by molar-refractivity contribution is 5.86. The Balaban J connectivity index is 2.20. The van der Waals surface area contributed by atoms with E-state index < -0.39 is 5.97 Å². The smallest absolute Gasteiger partial charge is 0.358 e. The van der Waals surface area contributed by atoms with E-state index in [1.54, 1.807) is 0 Å². The Morgan fingerprint density at radius 3 is 2.65 bits per heavy atom. The van der Waals surface area contributed by atoms with Gasteiger partial charge in [-0.1, -0.05) is 6.92 Å². The Bertz CT molecular complexity index is 612. The Kier molecular flexibility index (Phi) is 4.24. The summed E-state index contributed by atoms with van der Waals surface area (Å²) in [6.07, 6.45) is 3.45. The topological polar surface area (TPSA) is 74.2 Å². The van der Waals surface area contributed by atoms with Crippen LogP contribution in [0.3, 0.4) is 0 Å². The predicted molar refractivity (Wildman–Crippen MR) is 71.8 cm³/mol. The maximum absolute atomic E-state index is 11.2. The summed E-state index contributed by atoms with van der Waals surface area (Å²) >= 11 is 0. The van der Waals surface area contributed by atoms with E-state index in [2.05, 4.69) is 19.7 Å². The normalized spacial score (nSPS) is 10.2. The van der Waals surface area contributed by atoms with Crippen molar-refractivity contribution in [2.45, 2.75) is 20.3 Å². The van der Waals surface area contributed by atoms with Crippen molar-refractivity contribution in [3.8, 4) is 11.6 Å². The van der Waals surface area contributed by atoms with Crippen LogP contribution in [0.1, 0.15) is 28.8 Å². The molecule has 0 saturated heterocycles. The number of carbonyl (C=O) groups excluding carboxylic acids is 1. The van der Waals surface area contributed by atoms with Crippen molar-refractivity contribution in [2.75, 3.05) is 7.11 Å². The summed E-state index contributed by atoms with van der Waals surface area (Å²) in [5.74, 6) is 0.409. The quantitative estimate of drug-likeness (QED) is 0.796. The third kappa shape index (κ3) is 3.09. The van der Waals surface area contributed by atoms with Gasteiger partial charge in [0.15, 0.2) is 11.4 Å². The SMILES string of the molecule is CCc1nc(C)ccc1Oc1cnc(C(=O)OC)cn1. The molecule has 0 aliphatic carbocycles. The summed E-state index contributed by atoms with van der Waals surface area (Å²) in [6, 6.07) is 3.71. The summed E-state index contributed by atoms with van der Waals surface area (Å²) in [4.78, 5) is 23.6. The van der Waals surface area contributed by atoms with Crippen LogP contribution in [0.25, 0.3) is 0 Å². The number of hydrogen-bond donors (Lipinski definition) is 0. The van der Waals surface area contributed by atoms with E-state index in [9.17, 15) is 4.79 Å². The first-order valence-corrected chi connectivity index (χ1v) is 6.18. The lowest BCUT2D eigenvalue weighted by Gasteiger charge is -2.09. The maximum Gasteiger partial charge on any atom is 0.358 e. The molecule has 0 aromatic carbocycles. The lowest BCUT2D eigenvalue weighted by Crippen LogP contribution is -2.05. The molecule has 0 aliphatic rings. The number of hydrogen-bond acceptors (Lipinski definition) is 6. The van der Waals surface area contributed by atoms with Gasteiger partial charge in [-0.05, 0) is 25.5 Å². The van der Waals surface area contributed by atoms with Crippen molar-refractivity contribution in [3.05, 3.63) is 41.6 Å². The second-order valence-corrected chi connectivity index (χ2v) is 4.08. The van der Waals surface area contributed by atoms with Gasteiger partial charge in [0.1, 0.15) is 0 Å². The van der Waals surface area contributed by atoms with Gasteiger partial charge < -0.3 is 9.47 Å². The fourth-order valence-corrected chi connectivity index (χ4v) is 1.64. The monoisotopic (exact) mass is 273 g/mol. The third-order valence-corrected chi connectivity index (χ3v) is 2.64. The second-order valence-electron chi connectivity index (χ2n) is 4.08. The van der Waals surface area contributed by atoms with Gasteiger partial charge in [0.05, 0.1) is 25.2 Å². The number of nitrogens with zero attached hydrogens (tertiary/aromatic N) is 3. The summed E-state index contributed by atoms with van der Waals surface area (Å²) in [7, 11) is 1.29. The minimum atomic E-state index is -0.532. The van der Waals surface area contributed by atoms with Crippen LogP contribution in [-0.2, 0) is 11.2 Å². The minimum Gasteiger partial charge on any atom is -0.464 e. The Morgan fingerprint density at radius 1 is 1.25 bits per heavy atom. The first-order chi connectivity index (χ1) is 9.63. The molecule has 0 aliphatic heterocycles. The molecule has 0 spiro atoms. The average Bonchev–Trinajstić information content (AvgIpc) is 2.49. The van der Waals surface area contributed by atoms with E-state index in [0.29, 0.717) is 11.6 Å². The number of aryl methyl sites for hydroxylation is 2. The summed E-state index contributed by atoms with van der Waals surface area (Å²) in [5.41, 5.74) is 1.92. The summed E-state index contributed by atoms with van der Waals surface area (Å²) < 4.78 is 10.2. The molecule has 2 aromatic heterocycles. The molecule has 6 heteroatoms. The van der Waals surface area contributed by atoms with E-state index >= 15 is 0 Å². The van der Waals surface area contributed by atoms with E-state index in [4.69, 9.17) is 4.74 Å². The van der Waals surface area contributed by atoms with Crippen LogP contribution in [0, 0.1) is 6.92 Å². The molecule has 0 radical (unpaired) electrons. The molecular formula is C14H15N3O3. The number of methoxy groups -OCH3 is 1. The lowest BCUT2D eigenvalue weighted by molar-refractivity contribution is 0.0593. The van der Waals surface area contributed by atoms with Crippen molar-refractivity contribution >= 4 is 5.97 Å². The molecule has 6 nitrogen and oxygen atoms in total.